The Hall–Kier alpha value is -4.73. The summed E-state index contributed by atoms with van der Waals surface area (Å²) in [6.45, 7) is 2.09. The van der Waals surface area contributed by atoms with Gasteiger partial charge in [-0.3, -0.25) is 19.3 Å². The van der Waals surface area contributed by atoms with Crippen molar-refractivity contribution in [3.8, 4) is 11.5 Å². The van der Waals surface area contributed by atoms with Crippen LogP contribution in [0.25, 0.3) is 0 Å². The van der Waals surface area contributed by atoms with Crippen molar-refractivity contribution in [2.45, 2.75) is 13.5 Å². The van der Waals surface area contributed by atoms with Gasteiger partial charge in [-0.1, -0.05) is 6.07 Å². The van der Waals surface area contributed by atoms with E-state index in [-0.39, 0.29) is 48.0 Å². The maximum Gasteiger partial charge on any atom is 0.338 e. The number of anilines is 1. The average molecular weight is 473 g/mol. The van der Waals surface area contributed by atoms with Crippen LogP contribution < -0.4 is 14.8 Å². The molecule has 176 valence electrons. The van der Waals surface area contributed by atoms with Gasteiger partial charge in [0.25, 0.3) is 17.7 Å². The molecule has 0 saturated heterocycles. The molecule has 0 spiro atoms. The van der Waals surface area contributed by atoms with E-state index in [1.54, 1.807) is 25.1 Å². The Labute approximate surface area is 199 Å². The maximum atomic E-state index is 13.0. The van der Waals surface area contributed by atoms with E-state index in [1.165, 1.54) is 36.5 Å². The van der Waals surface area contributed by atoms with E-state index in [1.807, 2.05) is 0 Å². The van der Waals surface area contributed by atoms with Crippen LogP contribution in [0, 0.1) is 0 Å². The number of carbonyl (C=O) groups is 4. The SMILES string of the molecule is CCOC(=O)c1ccnc(NC(=O)c2ccc3c(c2)C(=O)N(Cc2ccc4c(c2)OCO4)C3=O)c1. The quantitative estimate of drug-likeness (QED) is 0.428. The first-order valence-electron chi connectivity index (χ1n) is 10.8. The Morgan fingerprint density at radius 3 is 2.60 bits per heavy atom. The fourth-order valence-electron chi connectivity index (χ4n) is 3.83. The summed E-state index contributed by atoms with van der Waals surface area (Å²) in [6, 6.07) is 12.4. The molecule has 0 fully saturated rings. The van der Waals surface area contributed by atoms with Crippen LogP contribution in [-0.4, -0.2) is 47.0 Å². The summed E-state index contributed by atoms with van der Waals surface area (Å²) in [5.41, 5.74) is 1.46. The third-order valence-electron chi connectivity index (χ3n) is 5.52. The molecule has 0 saturated carbocycles. The third kappa shape index (κ3) is 4.17. The molecule has 5 rings (SSSR count). The molecule has 1 N–H and O–H groups in total. The number of amides is 3. The summed E-state index contributed by atoms with van der Waals surface area (Å²) >= 11 is 0. The smallest absolute Gasteiger partial charge is 0.338 e. The standard InChI is InChI=1S/C25H19N3O7/c1-2-33-25(32)16-7-8-26-21(11-16)27-22(29)15-4-5-17-18(10-15)24(31)28(23(17)30)12-14-3-6-19-20(9-14)35-13-34-19/h3-11H,2,12-13H2,1H3,(H,26,27,29). The van der Waals surface area contributed by atoms with Gasteiger partial charge in [-0.2, -0.15) is 0 Å². The number of hydrogen-bond donors (Lipinski definition) is 1. The highest BCUT2D eigenvalue weighted by molar-refractivity contribution is 6.22. The molecule has 0 unspecified atom stereocenters. The molecule has 0 atom stereocenters. The molecule has 10 nitrogen and oxygen atoms in total. The van der Waals surface area contributed by atoms with Gasteiger partial charge in [-0.15, -0.1) is 0 Å². The van der Waals surface area contributed by atoms with Gasteiger partial charge in [0.05, 0.1) is 29.8 Å². The molecule has 0 radical (unpaired) electrons. The van der Waals surface area contributed by atoms with E-state index < -0.39 is 23.7 Å². The number of imide groups is 1. The zero-order chi connectivity index (χ0) is 24.5. The summed E-state index contributed by atoms with van der Waals surface area (Å²) in [5, 5.41) is 2.59. The van der Waals surface area contributed by atoms with Gasteiger partial charge < -0.3 is 19.5 Å². The van der Waals surface area contributed by atoms with Gasteiger partial charge >= 0.3 is 5.97 Å². The minimum Gasteiger partial charge on any atom is -0.462 e. The van der Waals surface area contributed by atoms with E-state index in [0.29, 0.717) is 17.1 Å². The zero-order valence-corrected chi connectivity index (χ0v) is 18.6. The lowest BCUT2D eigenvalue weighted by atomic mass is 10.1. The molecule has 10 heteroatoms. The van der Waals surface area contributed by atoms with Crippen molar-refractivity contribution < 1.29 is 33.4 Å². The van der Waals surface area contributed by atoms with Gasteiger partial charge in [-0.05, 0) is 55.0 Å². The number of nitrogens with one attached hydrogen (secondary N) is 1. The number of hydrogen-bond acceptors (Lipinski definition) is 8. The molecule has 2 aromatic carbocycles. The minimum atomic E-state index is -0.546. The number of fused-ring (bicyclic) bond motifs is 2. The van der Waals surface area contributed by atoms with Gasteiger partial charge in [0.1, 0.15) is 5.82 Å². The van der Waals surface area contributed by atoms with Crippen molar-refractivity contribution in [1.29, 1.82) is 0 Å². The van der Waals surface area contributed by atoms with Crippen molar-refractivity contribution in [1.82, 2.24) is 9.88 Å². The second kappa shape index (κ2) is 8.90. The highest BCUT2D eigenvalue weighted by Crippen LogP contribution is 2.34. The van der Waals surface area contributed by atoms with Crippen molar-refractivity contribution in [2.24, 2.45) is 0 Å². The lowest BCUT2D eigenvalue weighted by molar-refractivity contribution is 0.0525. The minimum absolute atomic E-state index is 0.0507. The van der Waals surface area contributed by atoms with Crippen molar-refractivity contribution >= 4 is 29.5 Å². The number of benzene rings is 2. The number of carbonyl (C=O) groups excluding carboxylic acids is 4. The van der Waals surface area contributed by atoms with Crippen LogP contribution >= 0.6 is 0 Å². The zero-order valence-electron chi connectivity index (χ0n) is 18.6. The molecule has 3 aromatic rings. The summed E-state index contributed by atoms with van der Waals surface area (Å²) in [6.07, 6.45) is 1.38. The monoisotopic (exact) mass is 473 g/mol. The van der Waals surface area contributed by atoms with E-state index in [0.717, 1.165) is 4.90 Å². The summed E-state index contributed by atoms with van der Waals surface area (Å²) in [7, 11) is 0. The van der Waals surface area contributed by atoms with Crippen molar-refractivity contribution in [2.75, 3.05) is 18.7 Å². The Bertz CT molecular complexity index is 1390. The highest BCUT2D eigenvalue weighted by atomic mass is 16.7. The molecule has 3 amide bonds. The van der Waals surface area contributed by atoms with Gasteiger partial charge in [0.2, 0.25) is 6.79 Å². The Morgan fingerprint density at radius 1 is 0.971 bits per heavy atom. The van der Waals surface area contributed by atoms with Crippen molar-refractivity contribution in [3.05, 3.63) is 82.5 Å². The lowest BCUT2D eigenvalue weighted by Crippen LogP contribution is -2.29. The largest absolute Gasteiger partial charge is 0.462 e. The first-order valence-corrected chi connectivity index (χ1v) is 10.8. The second-order valence-corrected chi connectivity index (χ2v) is 7.75. The van der Waals surface area contributed by atoms with Crippen LogP contribution in [0.3, 0.4) is 0 Å². The molecular formula is C25H19N3O7. The predicted molar refractivity (Wildman–Crippen MR) is 121 cm³/mol. The first-order chi connectivity index (χ1) is 16.9. The fraction of sp³-hybridized carbons (Fsp3) is 0.160. The second-order valence-electron chi connectivity index (χ2n) is 7.75. The Balaban J connectivity index is 1.33. The summed E-state index contributed by atoms with van der Waals surface area (Å²) in [5.74, 6) is -0.718. The maximum absolute atomic E-state index is 13.0. The number of pyridine rings is 1. The van der Waals surface area contributed by atoms with Crippen LogP contribution in [0.5, 0.6) is 11.5 Å². The summed E-state index contributed by atoms with van der Waals surface area (Å²) in [4.78, 5) is 55.7. The lowest BCUT2D eigenvalue weighted by Gasteiger charge is -2.14. The molecule has 0 bridgehead atoms. The average Bonchev–Trinajstić information content (AvgIpc) is 3.42. The Morgan fingerprint density at radius 2 is 1.77 bits per heavy atom. The number of esters is 1. The molecule has 3 heterocycles. The third-order valence-corrected chi connectivity index (χ3v) is 5.52. The molecule has 2 aliphatic rings. The molecule has 2 aliphatic heterocycles. The van der Waals surface area contributed by atoms with E-state index in [9.17, 15) is 19.2 Å². The summed E-state index contributed by atoms with van der Waals surface area (Å²) < 4.78 is 15.6. The normalized spacial score (nSPS) is 13.6. The molecule has 35 heavy (non-hydrogen) atoms. The molecule has 0 aliphatic carbocycles. The predicted octanol–water partition coefficient (Wildman–Crippen LogP) is 3.04. The number of ether oxygens (including phenoxy) is 3. The van der Waals surface area contributed by atoms with Gasteiger partial charge in [-0.25, -0.2) is 9.78 Å². The van der Waals surface area contributed by atoms with E-state index in [2.05, 4.69) is 10.3 Å². The van der Waals surface area contributed by atoms with E-state index >= 15 is 0 Å². The van der Waals surface area contributed by atoms with Crippen LogP contribution in [0.2, 0.25) is 0 Å². The fourth-order valence-corrected chi connectivity index (χ4v) is 3.83. The van der Waals surface area contributed by atoms with Gasteiger partial charge in [0, 0.05) is 11.8 Å². The number of nitrogens with zero attached hydrogens (tertiary/aromatic N) is 2. The van der Waals surface area contributed by atoms with Crippen molar-refractivity contribution in [3.63, 3.8) is 0 Å². The molecule has 1 aromatic heterocycles. The topological polar surface area (TPSA) is 124 Å². The number of aromatic nitrogens is 1. The van der Waals surface area contributed by atoms with Gasteiger partial charge in [0.15, 0.2) is 11.5 Å². The first kappa shape index (κ1) is 22.1. The van der Waals surface area contributed by atoms with Crippen LogP contribution in [0.1, 0.15) is 53.9 Å². The van der Waals surface area contributed by atoms with E-state index in [4.69, 9.17) is 14.2 Å². The van der Waals surface area contributed by atoms with Crippen LogP contribution in [0.15, 0.2) is 54.7 Å². The number of rotatable bonds is 6. The van der Waals surface area contributed by atoms with Crippen LogP contribution in [-0.2, 0) is 11.3 Å². The Kier molecular flexibility index (Phi) is 5.61. The van der Waals surface area contributed by atoms with Crippen LogP contribution in [0.4, 0.5) is 5.82 Å². The molecular weight excluding hydrogens is 454 g/mol. The highest BCUT2D eigenvalue weighted by Gasteiger charge is 2.36.